The molecule has 0 aliphatic carbocycles. The van der Waals surface area contributed by atoms with Gasteiger partial charge in [0, 0.05) is 29.1 Å². The maximum Gasteiger partial charge on any atom is 0.0758 e. The normalized spacial score (nSPS) is 13.0. The largest absolute Gasteiger partial charge is 0.392 e. The molecule has 0 bridgehead atoms. The van der Waals surface area contributed by atoms with E-state index in [0.717, 1.165) is 40.3 Å². The lowest BCUT2D eigenvalue weighted by Gasteiger charge is -2.20. The first-order valence-electron chi connectivity index (χ1n) is 7.58. The number of aliphatic hydroxyl groups is 1. The fourth-order valence-corrected chi connectivity index (χ4v) is 3.15. The number of fused-ring (bicyclic) bond motifs is 1. The van der Waals surface area contributed by atoms with Gasteiger partial charge in [0.05, 0.1) is 11.6 Å². The molecular formula is C17H23BrN2O. The molecule has 2 N–H and O–H groups in total. The average Bonchev–Trinajstić information content (AvgIpc) is 2.51. The fourth-order valence-electron chi connectivity index (χ4n) is 2.69. The summed E-state index contributed by atoms with van der Waals surface area (Å²) in [5, 5.41) is 14.6. The molecule has 2 rings (SSSR count). The average molecular weight is 351 g/mol. The highest BCUT2D eigenvalue weighted by molar-refractivity contribution is 9.10. The van der Waals surface area contributed by atoms with Crippen LogP contribution < -0.4 is 5.32 Å². The van der Waals surface area contributed by atoms with Crippen molar-refractivity contribution >= 4 is 26.8 Å². The Kier molecular flexibility index (Phi) is 6.15. The summed E-state index contributed by atoms with van der Waals surface area (Å²) < 4.78 is 1.06. The molecule has 2 aromatic rings. The molecule has 1 aromatic carbocycles. The van der Waals surface area contributed by atoms with Gasteiger partial charge in [0.2, 0.25) is 0 Å². The zero-order valence-electron chi connectivity index (χ0n) is 12.6. The lowest BCUT2D eigenvalue weighted by Crippen LogP contribution is -2.32. The number of benzene rings is 1. The van der Waals surface area contributed by atoms with E-state index in [0.29, 0.717) is 12.5 Å². The Labute approximate surface area is 134 Å². The van der Waals surface area contributed by atoms with Gasteiger partial charge in [-0.2, -0.15) is 0 Å². The first-order valence-corrected chi connectivity index (χ1v) is 8.37. The van der Waals surface area contributed by atoms with Gasteiger partial charge in [-0.15, -0.1) is 0 Å². The van der Waals surface area contributed by atoms with Crippen LogP contribution in [0.15, 0.2) is 34.9 Å². The summed E-state index contributed by atoms with van der Waals surface area (Å²) in [5.74, 6) is 0.372. The van der Waals surface area contributed by atoms with Crippen LogP contribution in [-0.4, -0.2) is 22.7 Å². The standard InChI is InChI=1S/C17H23BrN2O/c1-3-12(4-2)16(21)11-19-10-13-7-8-15(18)14-6-5-9-20-17(13)14/h5-9,12,16,19,21H,3-4,10-11H2,1-2H3. The first-order chi connectivity index (χ1) is 10.2. The molecule has 3 nitrogen and oxygen atoms in total. The molecule has 0 radical (unpaired) electrons. The zero-order valence-corrected chi connectivity index (χ0v) is 14.2. The summed E-state index contributed by atoms with van der Waals surface area (Å²) in [5.41, 5.74) is 2.17. The third-order valence-electron chi connectivity index (χ3n) is 4.06. The van der Waals surface area contributed by atoms with Crippen molar-refractivity contribution in [2.75, 3.05) is 6.54 Å². The van der Waals surface area contributed by atoms with Crippen molar-refractivity contribution in [3.05, 3.63) is 40.5 Å². The predicted molar refractivity (Wildman–Crippen MR) is 91.2 cm³/mol. The van der Waals surface area contributed by atoms with Gasteiger partial charge in [-0.05, 0) is 23.6 Å². The van der Waals surface area contributed by atoms with E-state index in [-0.39, 0.29) is 6.10 Å². The second kappa shape index (κ2) is 7.87. The number of nitrogens with zero attached hydrogens (tertiary/aromatic N) is 1. The molecule has 21 heavy (non-hydrogen) atoms. The number of aromatic nitrogens is 1. The third-order valence-corrected chi connectivity index (χ3v) is 4.75. The van der Waals surface area contributed by atoms with Crippen molar-refractivity contribution in [3.63, 3.8) is 0 Å². The molecule has 0 saturated carbocycles. The molecule has 1 unspecified atom stereocenters. The number of halogens is 1. The van der Waals surface area contributed by atoms with Crippen molar-refractivity contribution in [2.24, 2.45) is 5.92 Å². The summed E-state index contributed by atoms with van der Waals surface area (Å²) >= 11 is 3.56. The van der Waals surface area contributed by atoms with Gasteiger partial charge < -0.3 is 10.4 Å². The number of rotatable bonds is 7. The van der Waals surface area contributed by atoms with Crippen LogP contribution in [0.4, 0.5) is 0 Å². The quantitative estimate of drug-likeness (QED) is 0.796. The maximum atomic E-state index is 10.2. The molecule has 0 spiro atoms. The summed E-state index contributed by atoms with van der Waals surface area (Å²) in [6.45, 7) is 5.60. The Bertz CT molecular complexity index is 584. The maximum absolute atomic E-state index is 10.2. The molecule has 0 aliphatic heterocycles. The minimum Gasteiger partial charge on any atom is -0.392 e. The Hall–Kier alpha value is -0.970. The van der Waals surface area contributed by atoms with E-state index in [2.05, 4.69) is 58.3 Å². The van der Waals surface area contributed by atoms with Gasteiger partial charge in [-0.3, -0.25) is 4.98 Å². The van der Waals surface area contributed by atoms with E-state index in [1.807, 2.05) is 12.3 Å². The lowest BCUT2D eigenvalue weighted by atomic mass is 9.96. The van der Waals surface area contributed by atoms with Crippen LogP contribution in [0.5, 0.6) is 0 Å². The van der Waals surface area contributed by atoms with Crippen LogP contribution in [0, 0.1) is 5.92 Å². The van der Waals surface area contributed by atoms with Gasteiger partial charge in [0.25, 0.3) is 0 Å². The molecule has 0 amide bonds. The van der Waals surface area contributed by atoms with Gasteiger partial charge in [-0.1, -0.05) is 54.8 Å². The van der Waals surface area contributed by atoms with Crippen molar-refractivity contribution in [1.82, 2.24) is 10.3 Å². The monoisotopic (exact) mass is 350 g/mol. The number of nitrogens with one attached hydrogen (secondary N) is 1. The lowest BCUT2D eigenvalue weighted by molar-refractivity contribution is 0.101. The molecular weight excluding hydrogens is 328 g/mol. The van der Waals surface area contributed by atoms with Crippen LogP contribution in [0.2, 0.25) is 0 Å². The predicted octanol–water partition coefficient (Wildman–Crippen LogP) is 3.88. The second-order valence-electron chi connectivity index (χ2n) is 5.38. The second-order valence-corrected chi connectivity index (χ2v) is 6.24. The van der Waals surface area contributed by atoms with E-state index in [4.69, 9.17) is 0 Å². The van der Waals surface area contributed by atoms with E-state index in [1.165, 1.54) is 0 Å². The van der Waals surface area contributed by atoms with Gasteiger partial charge in [-0.25, -0.2) is 0 Å². The topological polar surface area (TPSA) is 45.1 Å². The van der Waals surface area contributed by atoms with Crippen LogP contribution in [0.1, 0.15) is 32.3 Å². The van der Waals surface area contributed by atoms with Crippen LogP contribution in [-0.2, 0) is 6.54 Å². The Morgan fingerprint density at radius 1 is 1.24 bits per heavy atom. The van der Waals surface area contributed by atoms with Crippen molar-refractivity contribution < 1.29 is 5.11 Å². The van der Waals surface area contributed by atoms with Crippen molar-refractivity contribution in [1.29, 1.82) is 0 Å². The highest BCUT2D eigenvalue weighted by Crippen LogP contribution is 2.25. The molecule has 0 aliphatic rings. The Morgan fingerprint density at radius 3 is 2.71 bits per heavy atom. The number of hydrogen-bond acceptors (Lipinski definition) is 3. The molecule has 4 heteroatoms. The van der Waals surface area contributed by atoms with Gasteiger partial charge >= 0.3 is 0 Å². The summed E-state index contributed by atoms with van der Waals surface area (Å²) in [7, 11) is 0. The van der Waals surface area contributed by atoms with E-state index < -0.39 is 0 Å². The van der Waals surface area contributed by atoms with Crippen LogP contribution >= 0.6 is 15.9 Å². The smallest absolute Gasteiger partial charge is 0.0758 e. The van der Waals surface area contributed by atoms with E-state index >= 15 is 0 Å². The van der Waals surface area contributed by atoms with Crippen molar-refractivity contribution in [2.45, 2.75) is 39.3 Å². The van der Waals surface area contributed by atoms with Gasteiger partial charge in [0.15, 0.2) is 0 Å². The minimum atomic E-state index is -0.283. The van der Waals surface area contributed by atoms with Crippen LogP contribution in [0.3, 0.4) is 0 Å². The molecule has 114 valence electrons. The van der Waals surface area contributed by atoms with Crippen LogP contribution in [0.25, 0.3) is 10.9 Å². The first kappa shape index (κ1) is 16.4. The SMILES string of the molecule is CCC(CC)C(O)CNCc1ccc(Br)c2cccnc12. The number of hydrogen-bond donors (Lipinski definition) is 2. The molecule has 1 heterocycles. The number of aliphatic hydroxyl groups excluding tert-OH is 1. The summed E-state index contributed by atoms with van der Waals surface area (Å²) in [6, 6.07) is 8.14. The Balaban J connectivity index is 2.03. The molecule has 0 fully saturated rings. The van der Waals surface area contributed by atoms with E-state index in [9.17, 15) is 5.11 Å². The van der Waals surface area contributed by atoms with Gasteiger partial charge in [0.1, 0.15) is 0 Å². The Morgan fingerprint density at radius 2 is 2.00 bits per heavy atom. The zero-order chi connectivity index (χ0) is 15.2. The summed E-state index contributed by atoms with van der Waals surface area (Å²) in [6.07, 6.45) is 3.57. The third kappa shape index (κ3) is 4.02. The minimum absolute atomic E-state index is 0.283. The van der Waals surface area contributed by atoms with E-state index in [1.54, 1.807) is 0 Å². The number of pyridine rings is 1. The molecule has 1 aromatic heterocycles. The fraction of sp³-hybridized carbons (Fsp3) is 0.471. The van der Waals surface area contributed by atoms with Crippen molar-refractivity contribution in [3.8, 4) is 0 Å². The highest BCUT2D eigenvalue weighted by Gasteiger charge is 2.15. The summed E-state index contributed by atoms with van der Waals surface area (Å²) in [4.78, 5) is 4.47. The highest BCUT2D eigenvalue weighted by atomic mass is 79.9. The molecule has 1 atom stereocenters. The molecule has 0 saturated heterocycles.